The van der Waals surface area contributed by atoms with E-state index in [1.54, 1.807) is 25.1 Å². The summed E-state index contributed by atoms with van der Waals surface area (Å²) in [7, 11) is 1.53. The number of halogens is 4. The first-order valence-electron chi connectivity index (χ1n) is 8.73. The summed E-state index contributed by atoms with van der Waals surface area (Å²) in [5.41, 5.74) is 0.586. The van der Waals surface area contributed by atoms with Gasteiger partial charge < -0.3 is 10.6 Å². The zero-order valence-corrected chi connectivity index (χ0v) is 16.7. The summed E-state index contributed by atoms with van der Waals surface area (Å²) in [6, 6.07) is 10.3. The SMILES string of the molecule is Cc1c(Cl)cccc1NC(=O)CNC(=O)CN(C)Cc1ccccc1C(F)(F)F. The number of alkyl halides is 3. The van der Waals surface area contributed by atoms with E-state index >= 15 is 0 Å². The van der Waals surface area contributed by atoms with Crippen LogP contribution >= 0.6 is 11.6 Å². The van der Waals surface area contributed by atoms with Gasteiger partial charge in [-0.25, -0.2) is 0 Å². The maximum Gasteiger partial charge on any atom is 0.416 e. The lowest BCUT2D eigenvalue weighted by Gasteiger charge is -2.19. The van der Waals surface area contributed by atoms with Crippen LogP contribution < -0.4 is 10.6 Å². The molecule has 0 bridgehead atoms. The third-order valence-corrected chi connectivity index (χ3v) is 4.57. The largest absolute Gasteiger partial charge is 0.416 e. The van der Waals surface area contributed by atoms with E-state index in [-0.39, 0.29) is 25.2 Å². The molecule has 0 radical (unpaired) electrons. The lowest BCUT2D eigenvalue weighted by atomic mass is 10.1. The quantitative estimate of drug-likeness (QED) is 0.705. The van der Waals surface area contributed by atoms with Crippen molar-refractivity contribution in [2.75, 3.05) is 25.5 Å². The molecule has 2 amide bonds. The Labute approximate surface area is 171 Å². The second-order valence-electron chi connectivity index (χ2n) is 6.56. The summed E-state index contributed by atoms with van der Waals surface area (Å²) in [6.45, 7) is 1.27. The van der Waals surface area contributed by atoms with Gasteiger partial charge in [-0.15, -0.1) is 0 Å². The standard InChI is InChI=1S/C20H21ClF3N3O2/c1-13-16(21)8-5-9-17(13)26-18(28)10-25-19(29)12-27(2)11-14-6-3-4-7-15(14)20(22,23)24/h3-9H,10-12H2,1-2H3,(H,25,29)(H,26,28). The summed E-state index contributed by atoms with van der Waals surface area (Å²) < 4.78 is 39.2. The van der Waals surface area contributed by atoms with Crippen LogP contribution in [-0.2, 0) is 22.3 Å². The monoisotopic (exact) mass is 427 g/mol. The first-order chi connectivity index (χ1) is 13.6. The number of rotatable bonds is 7. The molecule has 2 aromatic rings. The Balaban J connectivity index is 1.85. The predicted octanol–water partition coefficient (Wildman–Crippen LogP) is 3.85. The van der Waals surface area contributed by atoms with Gasteiger partial charge in [0.25, 0.3) is 0 Å². The Hall–Kier alpha value is -2.58. The number of anilines is 1. The molecule has 0 aliphatic rings. The lowest BCUT2D eigenvalue weighted by Crippen LogP contribution is -2.39. The summed E-state index contributed by atoms with van der Waals surface area (Å²) >= 11 is 5.99. The Kier molecular flexibility index (Phi) is 7.64. The Morgan fingerprint density at radius 3 is 2.45 bits per heavy atom. The van der Waals surface area contributed by atoms with Crippen LogP contribution in [0, 0.1) is 6.92 Å². The van der Waals surface area contributed by atoms with Gasteiger partial charge in [-0.2, -0.15) is 13.2 Å². The topological polar surface area (TPSA) is 61.4 Å². The second-order valence-corrected chi connectivity index (χ2v) is 6.97. The average Bonchev–Trinajstić information content (AvgIpc) is 2.63. The van der Waals surface area contributed by atoms with Crippen LogP contribution in [0.5, 0.6) is 0 Å². The van der Waals surface area contributed by atoms with E-state index in [9.17, 15) is 22.8 Å². The molecule has 0 spiro atoms. The highest BCUT2D eigenvalue weighted by Crippen LogP contribution is 2.32. The van der Waals surface area contributed by atoms with Crippen molar-refractivity contribution >= 4 is 29.1 Å². The lowest BCUT2D eigenvalue weighted by molar-refractivity contribution is -0.138. The van der Waals surface area contributed by atoms with Crippen LogP contribution in [0.15, 0.2) is 42.5 Å². The van der Waals surface area contributed by atoms with Gasteiger partial charge in [0.05, 0.1) is 18.7 Å². The van der Waals surface area contributed by atoms with Crippen LogP contribution in [-0.4, -0.2) is 36.9 Å². The number of amides is 2. The van der Waals surface area contributed by atoms with Crippen molar-refractivity contribution in [1.82, 2.24) is 10.2 Å². The average molecular weight is 428 g/mol. The van der Waals surface area contributed by atoms with E-state index in [0.717, 1.165) is 6.07 Å². The van der Waals surface area contributed by atoms with Gasteiger partial charge in [0.15, 0.2) is 0 Å². The fourth-order valence-electron chi connectivity index (χ4n) is 2.70. The molecule has 0 unspecified atom stereocenters. The number of carbonyl (C=O) groups is 2. The normalized spacial score (nSPS) is 11.4. The maximum absolute atomic E-state index is 13.1. The second kappa shape index (κ2) is 9.76. The minimum Gasteiger partial charge on any atom is -0.346 e. The smallest absolute Gasteiger partial charge is 0.346 e. The van der Waals surface area contributed by atoms with Gasteiger partial charge in [-0.3, -0.25) is 14.5 Å². The fraction of sp³-hybridized carbons (Fsp3) is 0.300. The number of nitrogens with one attached hydrogen (secondary N) is 2. The summed E-state index contributed by atoms with van der Waals surface area (Å²) in [4.78, 5) is 25.5. The van der Waals surface area contributed by atoms with E-state index < -0.39 is 23.6 Å². The molecule has 0 fully saturated rings. The molecule has 156 valence electrons. The molecule has 0 aliphatic heterocycles. The highest BCUT2D eigenvalue weighted by Gasteiger charge is 2.33. The maximum atomic E-state index is 13.1. The summed E-state index contributed by atoms with van der Waals surface area (Å²) in [5.74, 6) is -0.913. The zero-order chi connectivity index (χ0) is 21.6. The van der Waals surface area contributed by atoms with Gasteiger partial charge in [-0.05, 0) is 43.3 Å². The Bertz CT molecular complexity index is 888. The summed E-state index contributed by atoms with van der Waals surface area (Å²) in [5, 5.41) is 5.60. The molecule has 2 aromatic carbocycles. The molecule has 9 heteroatoms. The first kappa shape index (κ1) is 22.7. The number of hydrogen-bond acceptors (Lipinski definition) is 3. The van der Waals surface area contributed by atoms with Crippen molar-refractivity contribution in [1.29, 1.82) is 0 Å². The Morgan fingerprint density at radius 2 is 1.76 bits per heavy atom. The Morgan fingerprint density at radius 1 is 1.07 bits per heavy atom. The van der Waals surface area contributed by atoms with E-state index in [4.69, 9.17) is 11.6 Å². The molecule has 0 saturated heterocycles. The number of nitrogens with zero attached hydrogens (tertiary/aromatic N) is 1. The van der Waals surface area contributed by atoms with Crippen molar-refractivity contribution in [3.8, 4) is 0 Å². The third kappa shape index (κ3) is 6.76. The van der Waals surface area contributed by atoms with Crippen LogP contribution in [0.4, 0.5) is 18.9 Å². The van der Waals surface area contributed by atoms with Crippen LogP contribution in [0.3, 0.4) is 0 Å². The van der Waals surface area contributed by atoms with Gasteiger partial charge >= 0.3 is 6.18 Å². The van der Waals surface area contributed by atoms with Crippen molar-refractivity contribution < 1.29 is 22.8 Å². The van der Waals surface area contributed by atoms with Gasteiger partial charge in [0.1, 0.15) is 0 Å². The highest BCUT2D eigenvalue weighted by atomic mass is 35.5. The molecule has 0 heterocycles. The van der Waals surface area contributed by atoms with Gasteiger partial charge in [0, 0.05) is 17.3 Å². The molecule has 2 N–H and O–H groups in total. The van der Waals surface area contributed by atoms with Gasteiger partial charge in [-0.1, -0.05) is 35.9 Å². The number of hydrogen-bond donors (Lipinski definition) is 2. The number of carbonyl (C=O) groups excluding carboxylic acids is 2. The van der Waals surface area contributed by atoms with Crippen molar-refractivity contribution in [2.45, 2.75) is 19.6 Å². The number of benzene rings is 2. The van der Waals surface area contributed by atoms with E-state index in [1.165, 1.54) is 30.1 Å². The number of likely N-dealkylation sites (N-methyl/N-ethyl adjacent to an activating group) is 1. The van der Waals surface area contributed by atoms with Crippen LogP contribution in [0.2, 0.25) is 5.02 Å². The molecular formula is C20H21ClF3N3O2. The molecule has 0 aromatic heterocycles. The predicted molar refractivity (Wildman–Crippen MR) is 106 cm³/mol. The highest BCUT2D eigenvalue weighted by molar-refractivity contribution is 6.31. The third-order valence-electron chi connectivity index (χ3n) is 4.16. The van der Waals surface area contributed by atoms with Crippen LogP contribution in [0.25, 0.3) is 0 Å². The molecule has 0 aliphatic carbocycles. The zero-order valence-electron chi connectivity index (χ0n) is 15.9. The van der Waals surface area contributed by atoms with E-state index in [1.807, 2.05) is 0 Å². The minimum absolute atomic E-state index is 0.0585. The van der Waals surface area contributed by atoms with Crippen LogP contribution in [0.1, 0.15) is 16.7 Å². The van der Waals surface area contributed by atoms with Crippen molar-refractivity contribution in [3.05, 3.63) is 64.2 Å². The van der Waals surface area contributed by atoms with E-state index in [2.05, 4.69) is 10.6 Å². The molecule has 29 heavy (non-hydrogen) atoms. The molecule has 2 rings (SSSR count). The summed E-state index contributed by atoms with van der Waals surface area (Å²) in [6.07, 6.45) is -4.46. The minimum atomic E-state index is -4.46. The fourth-order valence-corrected chi connectivity index (χ4v) is 2.87. The van der Waals surface area contributed by atoms with Crippen molar-refractivity contribution in [3.63, 3.8) is 0 Å². The molecule has 0 saturated carbocycles. The molecular weight excluding hydrogens is 407 g/mol. The van der Waals surface area contributed by atoms with E-state index in [0.29, 0.717) is 16.3 Å². The van der Waals surface area contributed by atoms with Gasteiger partial charge in [0.2, 0.25) is 11.8 Å². The first-order valence-corrected chi connectivity index (χ1v) is 9.11. The van der Waals surface area contributed by atoms with Crippen molar-refractivity contribution in [2.24, 2.45) is 0 Å². The molecule has 5 nitrogen and oxygen atoms in total. The molecule has 0 atom stereocenters.